The maximum atomic E-state index is 12.8. The second-order valence-electron chi connectivity index (χ2n) is 6.41. The number of anilines is 1. The van der Waals surface area contributed by atoms with Crippen molar-refractivity contribution in [3.8, 4) is 11.5 Å². The summed E-state index contributed by atoms with van der Waals surface area (Å²) < 4.78 is 12.6. The molecule has 0 fully saturated rings. The smallest absolute Gasteiger partial charge is 0.226 e. The molecule has 3 rings (SSSR count). The van der Waals surface area contributed by atoms with Crippen LogP contribution in [0.1, 0.15) is 23.6 Å². The lowest BCUT2D eigenvalue weighted by molar-refractivity contribution is -0.116. The SMILES string of the molecule is COc1cc(NC(=O)C[C@@H](c2cccc(C)c2)n2cccc2)cc(OC)c1. The van der Waals surface area contributed by atoms with E-state index in [4.69, 9.17) is 9.47 Å². The lowest BCUT2D eigenvalue weighted by Gasteiger charge is -2.20. The van der Waals surface area contributed by atoms with Crippen LogP contribution in [0.2, 0.25) is 0 Å². The predicted molar refractivity (Wildman–Crippen MR) is 107 cm³/mol. The number of hydrogen-bond donors (Lipinski definition) is 1. The zero-order valence-corrected chi connectivity index (χ0v) is 15.8. The molecule has 5 nitrogen and oxygen atoms in total. The van der Waals surface area contributed by atoms with Crippen LogP contribution in [0.4, 0.5) is 5.69 Å². The summed E-state index contributed by atoms with van der Waals surface area (Å²) in [5, 5.41) is 2.96. The molecule has 0 aliphatic carbocycles. The molecular weight excluding hydrogens is 340 g/mol. The fourth-order valence-corrected chi connectivity index (χ4v) is 3.10. The third-order valence-electron chi connectivity index (χ3n) is 4.43. The van der Waals surface area contributed by atoms with Crippen molar-refractivity contribution >= 4 is 11.6 Å². The minimum atomic E-state index is -0.0782. The van der Waals surface area contributed by atoms with Crippen molar-refractivity contribution in [1.82, 2.24) is 4.57 Å². The Morgan fingerprint density at radius 2 is 1.67 bits per heavy atom. The van der Waals surface area contributed by atoms with Gasteiger partial charge in [-0.25, -0.2) is 0 Å². The Morgan fingerprint density at radius 3 is 2.26 bits per heavy atom. The largest absolute Gasteiger partial charge is 0.497 e. The van der Waals surface area contributed by atoms with Gasteiger partial charge in [0.15, 0.2) is 0 Å². The minimum absolute atomic E-state index is 0.0765. The topological polar surface area (TPSA) is 52.5 Å². The maximum Gasteiger partial charge on any atom is 0.226 e. The van der Waals surface area contributed by atoms with E-state index in [1.165, 1.54) is 5.56 Å². The highest BCUT2D eigenvalue weighted by atomic mass is 16.5. The predicted octanol–water partition coefficient (Wildman–Crippen LogP) is 4.43. The number of carbonyl (C=O) groups is 1. The van der Waals surface area contributed by atoms with Gasteiger partial charge in [-0.15, -0.1) is 0 Å². The lowest BCUT2D eigenvalue weighted by Crippen LogP contribution is -2.19. The van der Waals surface area contributed by atoms with Gasteiger partial charge in [-0.1, -0.05) is 29.8 Å². The van der Waals surface area contributed by atoms with Crippen LogP contribution in [0, 0.1) is 6.92 Å². The van der Waals surface area contributed by atoms with E-state index in [2.05, 4.69) is 35.0 Å². The van der Waals surface area contributed by atoms with Gasteiger partial charge in [0.25, 0.3) is 0 Å². The zero-order chi connectivity index (χ0) is 19.2. The summed E-state index contributed by atoms with van der Waals surface area (Å²) in [5.41, 5.74) is 2.92. The number of carbonyl (C=O) groups excluding carboxylic acids is 1. The van der Waals surface area contributed by atoms with Crippen molar-refractivity contribution in [3.63, 3.8) is 0 Å². The Morgan fingerprint density at radius 1 is 1.00 bits per heavy atom. The Balaban J connectivity index is 1.81. The first-order valence-corrected chi connectivity index (χ1v) is 8.81. The number of hydrogen-bond acceptors (Lipinski definition) is 3. The molecule has 0 saturated carbocycles. The van der Waals surface area contributed by atoms with Crippen LogP contribution >= 0.6 is 0 Å². The average molecular weight is 364 g/mol. The van der Waals surface area contributed by atoms with E-state index in [0.717, 1.165) is 5.56 Å². The summed E-state index contributed by atoms with van der Waals surface area (Å²) in [6.45, 7) is 2.05. The first kappa shape index (κ1) is 18.6. The number of nitrogens with one attached hydrogen (secondary N) is 1. The minimum Gasteiger partial charge on any atom is -0.497 e. The Hall–Kier alpha value is -3.21. The molecule has 0 radical (unpaired) electrons. The molecule has 0 saturated heterocycles. The van der Waals surface area contributed by atoms with E-state index in [1.54, 1.807) is 32.4 Å². The Labute approximate surface area is 159 Å². The first-order valence-electron chi connectivity index (χ1n) is 8.81. The van der Waals surface area contributed by atoms with Gasteiger partial charge in [-0.05, 0) is 24.6 Å². The van der Waals surface area contributed by atoms with Crippen LogP contribution in [-0.4, -0.2) is 24.7 Å². The number of benzene rings is 2. The number of rotatable bonds is 7. The van der Waals surface area contributed by atoms with Crippen LogP contribution in [-0.2, 0) is 4.79 Å². The van der Waals surface area contributed by atoms with Crippen LogP contribution < -0.4 is 14.8 Å². The second kappa shape index (κ2) is 8.45. The van der Waals surface area contributed by atoms with Crippen LogP contribution in [0.15, 0.2) is 67.0 Å². The van der Waals surface area contributed by atoms with Crippen LogP contribution in [0.25, 0.3) is 0 Å². The molecule has 0 bridgehead atoms. The fourth-order valence-electron chi connectivity index (χ4n) is 3.10. The van der Waals surface area contributed by atoms with E-state index in [1.807, 2.05) is 30.6 Å². The van der Waals surface area contributed by atoms with Gasteiger partial charge >= 0.3 is 0 Å². The highest BCUT2D eigenvalue weighted by Gasteiger charge is 2.18. The van der Waals surface area contributed by atoms with E-state index >= 15 is 0 Å². The van der Waals surface area contributed by atoms with E-state index in [-0.39, 0.29) is 11.9 Å². The number of methoxy groups -OCH3 is 2. The number of nitrogens with zero attached hydrogens (tertiary/aromatic N) is 1. The average Bonchev–Trinajstić information content (AvgIpc) is 3.20. The number of aromatic nitrogens is 1. The molecule has 0 aliphatic heterocycles. The molecule has 0 aliphatic rings. The summed E-state index contributed by atoms with van der Waals surface area (Å²) in [4.78, 5) is 12.8. The summed E-state index contributed by atoms with van der Waals surface area (Å²) in [6, 6.07) is 17.4. The second-order valence-corrected chi connectivity index (χ2v) is 6.41. The van der Waals surface area contributed by atoms with Gasteiger partial charge in [-0.3, -0.25) is 4.79 Å². The quantitative estimate of drug-likeness (QED) is 0.675. The molecular formula is C22H24N2O3. The van der Waals surface area contributed by atoms with Gasteiger partial charge in [0, 0.05) is 36.3 Å². The third-order valence-corrected chi connectivity index (χ3v) is 4.43. The molecule has 3 aromatic rings. The number of amides is 1. The standard InChI is InChI=1S/C22H24N2O3/c1-16-7-6-8-17(11-16)21(24-9-4-5-10-24)15-22(25)23-18-12-19(26-2)14-20(13-18)27-3/h4-14,21H,15H2,1-3H3,(H,23,25)/t21-/m0/s1. The summed E-state index contributed by atoms with van der Waals surface area (Å²) in [7, 11) is 3.17. The Kier molecular flexibility index (Phi) is 5.81. The lowest BCUT2D eigenvalue weighted by atomic mass is 10.0. The zero-order valence-electron chi connectivity index (χ0n) is 15.8. The normalized spacial score (nSPS) is 11.7. The van der Waals surface area contributed by atoms with E-state index in [0.29, 0.717) is 23.6 Å². The molecule has 0 unspecified atom stereocenters. The van der Waals surface area contributed by atoms with E-state index < -0.39 is 0 Å². The van der Waals surface area contributed by atoms with Crippen molar-refractivity contribution in [1.29, 1.82) is 0 Å². The summed E-state index contributed by atoms with van der Waals surface area (Å²) in [5.74, 6) is 1.18. The third kappa shape index (κ3) is 4.70. The molecule has 1 aromatic heterocycles. The van der Waals surface area contributed by atoms with Gasteiger partial charge in [0.2, 0.25) is 5.91 Å². The molecule has 1 N–H and O–H groups in total. The summed E-state index contributed by atoms with van der Waals surface area (Å²) >= 11 is 0. The monoisotopic (exact) mass is 364 g/mol. The molecule has 1 amide bonds. The van der Waals surface area contributed by atoms with Gasteiger partial charge < -0.3 is 19.4 Å². The van der Waals surface area contributed by atoms with Gasteiger partial charge in [0.1, 0.15) is 11.5 Å². The van der Waals surface area contributed by atoms with Crippen LogP contribution in [0.5, 0.6) is 11.5 Å². The van der Waals surface area contributed by atoms with Gasteiger partial charge in [0.05, 0.1) is 26.7 Å². The molecule has 0 spiro atoms. The van der Waals surface area contributed by atoms with Crippen molar-refractivity contribution in [3.05, 3.63) is 78.1 Å². The molecule has 1 atom stereocenters. The molecule has 140 valence electrons. The number of ether oxygens (including phenoxy) is 2. The van der Waals surface area contributed by atoms with Crippen molar-refractivity contribution in [2.75, 3.05) is 19.5 Å². The van der Waals surface area contributed by atoms with Gasteiger partial charge in [-0.2, -0.15) is 0 Å². The number of aryl methyl sites for hydroxylation is 1. The van der Waals surface area contributed by atoms with E-state index in [9.17, 15) is 4.79 Å². The van der Waals surface area contributed by atoms with Crippen molar-refractivity contribution in [2.24, 2.45) is 0 Å². The summed E-state index contributed by atoms with van der Waals surface area (Å²) in [6.07, 6.45) is 4.28. The van der Waals surface area contributed by atoms with Crippen molar-refractivity contribution < 1.29 is 14.3 Å². The molecule has 1 heterocycles. The highest BCUT2D eigenvalue weighted by Crippen LogP contribution is 2.27. The van der Waals surface area contributed by atoms with Crippen LogP contribution in [0.3, 0.4) is 0 Å². The maximum absolute atomic E-state index is 12.8. The van der Waals surface area contributed by atoms with Crippen molar-refractivity contribution in [2.45, 2.75) is 19.4 Å². The molecule has 27 heavy (non-hydrogen) atoms. The highest BCUT2D eigenvalue weighted by molar-refractivity contribution is 5.91. The fraction of sp³-hybridized carbons (Fsp3) is 0.227. The first-order chi connectivity index (χ1) is 13.1. The molecule has 2 aromatic carbocycles. The molecule has 5 heteroatoms. The Bertz CT molecular complexity index is 881.